The summed E-state index contributed by atoms with van der Waals surface area (Å²) in [6, 6.07) is 18.4. The summed E-state index contributed by atoms with van der Waals surface area (Å²) in [7, 11) is 0. The number of nitrogens with zero attached hydrogens (tertiary/aromatic N) is 2. The molecule has 0 saturated carbocycles. The van der Waals surface area contributed by atoms with E-state index < -0.39 is 12.1 Å². The molecule has 1 fully saturated rings. The number of anilines is 1. The number of rotatable bonds is 4. The van der Waals surface area contributed by atoms with E-state index in [1.165, 1.54) is 0 Å². The van der Waals surface area contributed by atoms with E-state index >= 15 is 0 Å². The van der Waals surface area contributed by atoms with E-state index in [1.807, 2.05) is 60.7 Å². The minimum absolute atomic E-state index is 0.192. The third kappa shape index (κ3) is 4.37. The Kier molecular flexibility index (Phi) is 5.70. The van der Waals surface area contributed by atoms with E-state index in [0.29, 0.717) is 18.7 Å². The van der Waals surface area contributed by atoms with Crippen LogP contribution in [0.4, 0.5) is 10.5 Å². The highest BCUT2D eigenvalue weighted by Gasteiger charge is 2.33. The standard InChI is InChI=1S/C23H23N3O3/c27-22(25-19-12-6-10-18-11-7-14-24-21(18)19)20-13-4-5-15-26(20)23(28)29-16-17-8-2-1-3-9-17/h1-3,6-12,14,20H,4-5,13,15-16H2,(H,25,27)/t20-/m0/s1. The van der Waals surface area contributed by atoms with Gasteiger partial charge in [0.1, 0.15) is 12.6 Å². The highest BCUT2D eigenvalue weighted by Crippen LogP contribution is 2.24. The van der Waals surface area contributed by atoms with Gasteiger partial charge in [0.15, 0.2) is 0 Å². The minimum Gasteiger partial charge on any atom is -0.445 e. The third-order valence-corrected chi connectivity index (χ3v) is 5.14. The quantitative estimate of drug-likeness (QED) is 0.719. The Bertz CT molecular complexity index is 1000. The molecule has 0 bridgehead atoms. The van der Waals surface area contributed by atoms with Crippen LogP contribution in [-0.4, -0.2) is 34.5 Å². The van der Waals surface area contributed by atoms with Crippen molar-refractivity contribution in [2.75, 3.05) is 11.9 Å². The van der Waals surface area contributed by atoms with Gasteiger partial charge in [0.25, 0.3) is 0 Å². The Balaban J connectivity index is 1.46. The van der Waals surface area contributed by atoms with Crippen LogP contribution >= 0.6 is 0 Å². The molecule has 1 atom stereocenters. The van der Waals surface area contributed by atoms with Crippen LogP contribution in [0.2, 0.25) is 0 Å². The first-order chi connectivity index (χ1) is 14.2. The Morgan fingerprint density at radius 2 is 1.86 bits per heavy atom. The van der Waals surface area contributed by atoms with Gasteiger partial charge in [-0.2, -0.15) is 0 Å². The summed E-state index contributed by atoms with van der Waals surface area (Å²) in [5, 5.41) is 3.91. The van der Waals surface area contributed by atoms with Crippen molar-refractivity contribution in [1.29, 1.82) is 0 Å². The maximum absolute atomic E-state index is 13.0. The molecular formula is C23H23N3O3. The van der Waals surface area contributed by atoms with E-state index in [-0.39, 0.29) is 12.5 Å². The normalized spacial score (nSPS) is 16.4. The van der Waals surface area contributed by atoms with Gasteiger partial charge in [0.2, 0.25) is 5.91 Å². The van der Waals surface area contributed by atoms with E-state index in [4.69, 9.17) is 4.74 Å². The zero-order chi connectivity index (χ0) is 20.1. The summed E-state index contributed by atoms with van der Waals surface area (Å²) in [5.41, 5.74) is 2.30. The number of carbonyl (C=O) groups excluding carboxylic acids is 2. The predicted molar refractivity (Wildman–Crippen MR) is 111 cm³/mol. The number of likely N-dealkylation sites (tertiary alicyclic amines) is 1. The Labute approximate surface area is 169 Å². The second-order valence-electron chi connectivity index (χ2n) is 7.12. The average Bonchev–Trinajstić information content (AvgIpc) is 2.78. The molecule has 1 saturated heterocycles. The van der Waals surface area contributed by atoms with Crippen molar-refractivity contribution in [1.82, 2.24) is 9.88 Å². The van der Waals surface area contributed by atoms with Crippen molar-refractivity contribution >= 4 is 28.6 Å². The molecule has 148 valence electrons. The number of nitrogens with one attached hydrogen (secondary N) is 1. The number of aromatic nitrogens is 1. The SMILES string of the molecule is O=C(Nc1cccc2cccnc12)[C@@H]1CCCCN1C(=O)OCc1ccccc1. The molecule has 0 unspecified atom stereocenters. The van der Waals surface area contributed by atoms with Crippen LogP contribution in [0.3, 0.4) is 0 Å². The van der Waals surface area contributed by atoms with Gasteiger partial charge < -0.3 is 10.1 Å². The molecule has 0 spiro atoms. The molecule has 6 nitrogen and oxygen atoms in total. The summed E-state index contributed by atoms with van der Waals surface area (Å²) in [5.74, 6) is -0.209. The molecule has 6 heteroatoms. The molecule has 1 aliphatic heterocycles. The van der Waals surface area contributed by atoms with Gasteiger partial charge in [0, 0.05) is 18.1 Å². The zero-order valence-corrected chi connectivity index (χ0v) is 16.1. The van der Waals surface area contributed by atoms with Crippen molar-refractivity contribution < 1.29 is 14.3 Å². The van der Waals surface area contributed by atoms with Crippen molar-refractivity contribution in [2.24, 2.45) is 0 Å². The van der Waals surface area contributed by atoms with Crippen molar-refractivity contribution in [3.8, 4) is 0 Å². The van der Waals surface area contributed by atoms with Crippen molar-refractivity contribution in [3.05, 3.63) is 72.4 Å². The molecule has 4 rings (SSSR count). The topological polar surface area (TPSA) is 71.5 Å². The molecule has 2 heterocycles. The maximum atomic E-state index is 13.0. The van der Waals surface area contributed by atoms with Crippen LogP contribution in [0.15, 0.2) is 66.9 Å². The van der Waals surface area contributed by atoms with E-state index in [9.17, 15) is 9.59 Å². The monoisotopic (exact) mass is 389 g/mol. The largest absolute Gasteiger partial charge is 0.445 e. The van der Waals surface area contributed by atoms with Gasteiger partial charge in [-0.1, -0.05) is 48.5 Å². The molecule has 2 aromatic carbocycles. The fourth-order valence-electron chi connectivity index (χ4n) is 3.65. The summed E-state index contributed by atoms with van der Waals surface area (Å²) >= 11 is 0. The van der Waals surface area contributed by atoms with Crippen LogP contribution in [0.1, 0.15) is 24.8 Å². The van der Waals surface area contributed by atoms with Gasteiger partial charge in [0.05, 0.1) is 11.2 Å². The van der Waals surface area contributed by atoms with Crippen LogP contribution in [0.25, 0.3) is 10.9 Å². The molecule has 29 heavy (non-hydrogen) atoms. The number of ether oxygens (including phenoxy) is 1. The smallest absolute Gasteiger partial charge is 0.410 e. The lowest BCUT2D eigenvalue weighted by atomic mass is 10.0. The van der Waals surface area contributed by atoms with Gasteiger partial charge in [-0.05, 0) is 37.0 Å². The van der Waals surface area contributed by atoms with Gasteiger partial charge in [-0.3, -0.25) is 14.7 Å². The Morgan fingerprint density at radius 3 is 2.72 bits per heavy atom. The van der Waals surface area contributed by atoms with E-state index in [2.05, 4.69) is 10.3 Å². The lowest BCUT2D eigenvalue weighted by Crippen LogP contribution is -2.50. The molecule has 0 aliphatic carbocycles. The van der Waals surface area contributed by atoms with Gasteiger partial charge in [-0.25, -0.2) is 4.79 Å². The summed E-state index contributed by atoms with van der Waals surface area (Å²) in [6.45, 7) is 0.706. The number of piperidine rings is 1. The van der Waals surface area contributed by atoms with Crippen molar-refractivity contribution in [2.45, 2.75) is 31.9 Å². The molecule has 1 aromatic heterocycles. The average molecular weight is 389 g/mol. The Hall–Kier alpha value is -3.41. The number of amides is 2. The third-order valence-electron chi connectivity index (χ3n) is 5.14. The van der Waals surface area contributed by atoms with Crippen molar-refractivity contribution in [3.63, 3.8) is 0 Å². The zero-order valence-electron chi connectivity index (χ0n) is 16.1. The lowest BCUT2D eigenvalue weighted by Gasteiger charge is -2.33. The summed E-state index contributed by atoms with van der Waals surface area (Å²) in [6.07, 6.45) is 3.62. The predicted octanol–water partition coefficient (Wildman–Crippen LogP) is 4.36. The first kappa shape index (κ1) is 18.9. The first-order valence-corrected chi connectivity index (χ1v) is 9.84. The summed E-state index contributed by atoms with van der Waals surface area (Å²) < 4.78 is 5.46. The van der Waals surface area contributed by atoms with E-state index in [1.54, 1.807) is 11.1 Å². The highest BCUT2D eigenvalue weighted by atomic mass is 16.6. The fourth-order valence-corrected chi connectivity index (χ4v) is 3.65. The number of hydrogen-bond donors (Lipinski definition) is 1. The fraction of sp³-hybridized carbons (Fsp3) is 0.261. The number of carbonyl (C=O) groups is 2. The Morgan fingerprint density at radius 1 is 1.03 bits per heavy atom. The number of pyridine rings is 1. The molecule has 1 aliphatic rings. The number of benzene rings is 2. The molecule has 0 radical (unpaired) electrons. The van der Waals surface area contributed by atoms with Crippen LogP contribution in [0.5, 0.6) is 0 Å². The number of fused-ring (bicyclic) bond motifs is 1. The molecule has 3 aromatic rings. The maximum Gasteiger partial charge on any atom is 0.410 e. The summed E-state index contributed by atoms with van der Waals surface area (Å²) in [4.78, 5) is 31.6. The van der Waals surface area contributed by atoms with E-state index in [0.717, 1.165) is 29.3 Å². The molecule has 2 amide bonds. The number of hydrogen-bond acceptors (Lipinski definition) is 4. The second kappa shape index (κ2) is 8.73. The van der Waals surface area contributed by atoms with Gasteiger partial charge >= 0.3 is 6.09 Å². The van der Waals surface area contributed by atoms with Crippen LogP contribution in [-0.2, 0) is 16.1 Å². The molecular weight excluding hydrogens is 366 g/mol. The van der Waals surface area contributed by atoms with Gasteiger partial charge in [-0.15, -0.1) is 0 Å². The minimum atomic E-state index is -0.550. The van der Waals surface area contributed by atoms with Crippen LogP contribution in [0, 0.1) is 0 Å². The molecule has 1 N–H and O–H groups in total. The number of para-hydroxylation sites is 1. The first-order valence-electron chi connectivity index (χ1n) is 9.84. The lowest BCUT2D eigenvalue weighted by molar-refractivity contribution is -0.121. The second-order valence-corrected chi connectivity index (χ2v) is 7.12. The highest BCUT2D eigenvalue weighted by molar-refractivity contribution is 6.03. The van der Waals surface area contributed by atoms with Crippen LogP contribution < -0.4 is 5.32 Å².